The molecule has 2 aromatic heterocycles. The zero-order valence-corrected chi connectivity index (χ0v) is 6.54. The van der Waals surface area contributed by atoms with Crippen molar-refractivity contribution in [2.45, 2.75) is 0 Å². The average molecular weight is 175 g/mol. The topological polar surface area (TPSA) is 68.9 Å². The summed E-state index contributed by atoms with van der Waals surface area (Å²) in [6, 6.07) is 3.45. The fourth-order valence-corrected chi connectivity index (χ4v) is 1.12. The molecule has 0 fully saturated rings. The first-order valence-electron chi connectivity index (χ1n) is 3.62. The van der Waals surface area contributed by atoms with Crippen molar-refractivity contribution in [1.82, 2.24) is 9.97 Å². The van der Waals surface area contributed by atoms with E-state index in [1.54, 1.807) is 18.3 Å². The zero-order valence-electron chi connectivity index (χ0n) is 6.54. The first kappa shape index (κ1) is 7.60. The van der Waals surface area contributed by atoms with Gasteiger partial charge in [0.1, 0.15) is 6.20 Å². The van der Waals surface area contributed by atoms with E-state index in [1.807, 2.05) is 0 Å². The van der Waals surface area contributed by atoms with Crippen LogP contribution in [0.3, 0.4) is 0 Å². The Hall–Kier alpha value is -2.04. The minimum atomic E-state index is -0.484. The largest absolute Gasteiger partial charge is 0.313 e. The van der Waals surface area contributed by atoms with Crippen molar-refractivity contribution < 1.29 is 4.92 Å². The molecule has 0 N–H and O–H groups in total. The number of pyridine rings is 2. The van der Waals surface area contributed by atoms with Crippen LogP contribution in [-0.2, 0) is 0 Å². The van der Waals surface area contributed by atoms with Crippen LogP contribution < -0.4 is 0 Å². The molecule has 0 radical (unpaired) electrons. The molecule has 0 unspecified atom stereocenters. The van der Waals surface area contributed by atoms with Crippen molar-refractivity contribution in [3.8, 4) is 0 Å². The molecule has 2 heterocycles. The molecule has 2 aromatic rings. The highest BCUT2D eigenvalue weighted by Gasteiger charge is 2.11. The number of nitro groups is 1. The second-order valence-corrected chi connectivity index (χ2v) is 2.49. The number of hydrogen-bond acceptors (Lipinski definition) is 4. The molecule has 0 aliphatic carbocycles. The van der Waals surface area contributed by atoms with Gasteiger partial charge in [-0.05, 0) is 12.1 Å². The summed E-state index contributed by atoms with van der Waals surface area (Å²) in [4.78, 5) is 17.7. The molecule has 13 heavy (non-hydrogen) atoms. The first-order valence-corrected chi connectivity index (χ1v) is 3.62. The SMILES string of the molecule is O=[N+]([O-])c1cncc2cccnc12. The summed E-state index contributed by atoms with van der Waals surface area (Å²) in [5, 5.41) is 11.2. The first-order chi connectivity index (χ1) is 6.29. The van der Waals surface area contributed by atoms with E-state index in [4.69, 9.17) is 0 Å². The summed E-state index contributed by atoms with van der Waals surface area (Å²) >= 11 is 0. The van der Waals surface area contributed by atoms with Gasteiger partial charge in [0, 0.05) is 17.8 Å². The minimum Gasteiger partial charge on any atom is -0.258 e. The van der Waals surface area contributed by atoms with Crippen molar-refractivity contribution in [2.75, 3.05) is 0 Å². The van der Waals surface area contributed by atoms with Gasteiger partial charge in [-0.15, -0.1) is 0 Å². The number of hydrogen-bond donors (Lipinski definition) is 0. The lowest BCUT2D eigenvalue weighted by Gasteiger charge is -1.95. The van der Waals surface area contributed by atoms with Gasteiger partial charge >= 0.3 is 5.69 Å². The highest BCUT2D eigenvalue weighted by atomic mass is 16.6. The maximum atomic E-state index is 10.5. The summed E-state index contributed by atoms with van der Waals surface area (Å²) < 4.78 is 0. The lowest BCUT2D eigenvalue weighted by Crippen LogP contribution is -1.92. The highest BCUT2D eigenvalue weighted by Crippen LogP contribution is 2.20. The molecule has 2 rings (SSSR count). The maximum absolute atomic E-state index is 10.5. The molecule has 0 aromatic carbocycles. The average Bonchev–Trinajstić information content (AvgIpc) is 2.17. The van der Waals surface area contributed by atoms with Crippen LogP contribution in [0, 0.1) is 10.1 Å². The Kier molecular flexibility index (Phi) is 1.63. The molecule has 0 saturated carbocycles. The van der Waals surface area contributed by atoms with Crippen LogP contribution >= 0.6 is 0 Å². The van der Waals surface area contributed by atoms with Crippen molar-refractivity contribution >= 4 is 16.6 Å². The van der Waals surface area contributed by atoms with Gasteiger partial charge in [-0.1, -0.05) is 0 Å². The van der Waals surface area contributed by atoms with Crippen molar-refractivity contribution in [2.24, 2.45) is 0 Å². The quantitative estimate of drug-likeness (QED) is 0.487. The van der Waals surface area contributed by atoms with E-state index in [2.05, 4.69) is 9.97 Å². The normalized spacial score (nSPS) is 10.2. The predicted octanol–water partition coefficient (Wildman–Crippen LogP) is 1.54. The van der Waals surface area contributed by atoms with Gasteiger partial charge in [-0.25, -0.2) is 4.98 Å². The van der Waals surface area contributed by atoms with Gasteiger partial charge in [0.2, 0.25) is 0 Å². The summed E-state index contributed by atoms with van der Waals surface area (Å²) in [6.07, 6.45) is 4.28. The van der Waals surface area contributed by atoms with E-state index < -0.39 is 4.92 Å². The van der Waals surface area contributed by atoms with Crippen LogP contribution in [0.15, 0.2) is 30.7 Å². The van der Waals surface area contributed by atoms with E-state index in [9.17, 15) is 10.1 Å². The van der Waals surface area contributed by atoms with E-state index in [0.717, 1.165) is 0 Å². The summed E-state index contributed by atoms with van der Waals surface area (Å²) in [5.41, 5.74) is 0.320. The Bertz CT molecular complexity index is 464. The van der Waals surface area contributed by atoms with E-state index in [1.165, 1.54) is 12.4 Å². The lowest BCUT2D eigenvalue weighted by atomic mass is 10.2. The second kappa shape index (κ2) is 2.78. The van der Waals surface area contributed by atoms with Gasteiger partial charge < -0.3 is 0 Å². The van der Waals surface area contributed by atoms with E-state index >= 15 is 0 Å². The number of aromatic nitrogens is 2. The molecular weight excluding hydrogens is 170 g/mol. The predicted molar refractivity (Wildman–Crippen MR) is 46.2 cm³/mol. The molecule has 5 nitrogen and oxygen atoms in total. The molecule has 0 aliphatic rings. The number of rotatable bonds is 1. The van der Waals surface area contributed by atoms with Crippen LogP contribution in [0.4, 0.5) is 5.69 Å². The monoisotopic (exact) mass is 175 g/mol. The second-order valence-electron chi connectivity index (χ2n) is 2.49. The fraction of sp³-hybridized carbons (Fsp3) is 0. The number of nitrogens with zero attached hydrogens (tertiary/aromatic N) is 3. The van der Waals surface area contributed by atoms with Gasteiger partial charge in [-0.3, -0.25) is 15.1 Å². The molecular formula is C8H5N3O2. The summed E-state index contributed by atoms with van der Waals surface area (Å²) in [5.74, 6) is 0. The van der Waals surface area contributed by atoms with Gasteiger partial charge in [0.25, 0.3) is 0 Å². The van der Waals surface area contributed by atoms with Crippen molar-refractivity contribution in [1.29, 1.82) is 0 Å². The molecule has 64 valence electrons. The van der Waals surface area contributed by atoms with Crippen LogP contribution in [0.1, 0.15) is 0 Å². The number of fused-ring (bicyclic) bond motifs is 1. The molecule has 0 spiro atoms. The molecule has 0 saturated heterocycles. The summed E-state index contributed by atoms with van der Waals surface area (Å²) in [7, 11) is 0. The van der Waals surface area contributed by atoms with E-state index in [0.29, 0.717) is 10.9 Å². The molecule has 0 atom stereocenters. The van der Waals surface area contributed by atoms with Gasteiger partial charge in [0.05, 0.1) is 4.92 Å². The highest BCUT2D eigenvalue weighted by molar-refractivity contribution is 5.85. The third kappa shape index (κ3) is 1.20. The van der Waals surface area contributed by atoms with Crippen molar-refractivity contribution in [3.63, 3.8) is 0 Å². The Labute approximate surface area is 73.2 Å². The molecule has 0 aliphatic heterocycles. The Morgan fingerprint density at radius 3 is 3.00 bits per heavy atom. The fourth-order valence-electron chi connectivity index (χ4n) is 1.12. The lowest BCUT2D eigenvalue weighted by molar-refractivity contribution is -0.383. The van der Waals surface area contributed by atoms with Crippen LogP contribution in [0.5, 0.6) is 0 Å². The van der Waals surface area contributed by atoms with E-state index in [-0.39, 0.29) is 5.69 Å². The van der Waals surface area contributed by atoms with Crippen molar-refractivity contribution in [3.05, 3.63) is 40.8 Å². The molecule has 0 amide bonds. The molecule has 5 heteroatoms. The smallest absolute Gasteiger partial charge is 0.258 e. The maximum Gasteiger partial charge on any atom is 0.313 e. The Morgan fingerprint density at radius 1 is 1.38 bits per heavy atom. The summed E-state index contributed by atoms with van der Waals surface area (Å²) in [6.45, 7) is 0. The van der Waals surface area contributed by atoms with Gasteiger partial charge in [0.15, 0.2) is 5.52 Å². The minimum absolute atomic E-state index is 0.0573. The third-order valence-electron chi connectivity index (χ3n) is 1.69. The van der Waals surface area contributed by atoms with Crippen LogP contribution in [-0.4, -0.2) is 14.9 Å². The van der Waals surface area contributed by atoms with Gasteiger partial charge in [-0.2, -0.15) is 0 Å². The molecule has 0 bridgehead atoms. The van der Waals surface area contributed by atoms with Crippen LogP contribution in [0.25, 0.3) is 10.9 Å². The standard InChI is InChI=1S/C8H5N3O2/c12-11(13)7-5-9-4-6-2-1-3-10-8(6)7/h1-5H. The van der Waals surface area contributed by atoms with Crippen LogP contribution in [0.2, 0.25) is 0 Å². The Morgan fingerprint density at radius 2 is 2.23 bits per heavy atom. The zero-order chi connectivity index (χ0) is 9.26. The third-order valence-corrected chi connectivity index (χ3v) is 1.69. The Balaban J connectivity index is 2.83.